The van der Waals surface area contributed by atoms with Crippen molar-refractivity contribution in [2.45, 2.75) is 13.0 Å². The van der Waals surface area contributed by atoms with Crippen LogP contribution in [0.5, 0.6) is 0 Å². The molecule has 0 amide bonds. The van der Waals surface area contributed by atoms with E-state index in [1.54, 1.807) is 0 Å². The van der Waals surface area contributed by atoms with Crippen LogP contribution in [0.3, 0.4) is 0 Å². The average Bonchev–Trinajstić information content (AvgIpc) is 2.54. The first-order valence-electron chi connectivity index (χ1n) is 6.87. The van der Waals surface area contributed by atoms with Gasteiger partial charge in [0.2, 0.25) is 0 Å². The number of fused-ring (bicyclic) bond motifs is 1. The molecule has 1 aromatic heterocycles. The van der Waals surface area contributed by atoms with E-state index in [1.807, 2.05) is 55.5 Å². The van der Waals surface area contributed by atoms with Crippen LogP contribution in [0.25, 0.3) is 22.0 Å². The van der Waals surface area contributed by atoms with E-state index >= 15 is 0 Å². The standard InChI is InChI=1S/C17H14Cl2N2O/c1-10(21-19)15-9-13-8-12(4-7-16(13)20-17(15)22)11-2-5-14(18)6-3-11/h2-10,21H,1H3,(H,20,22). The molecule has 0 aliphatic carbocycles. The maximum Gasteiger partial charge on any atom is 0.253 e. The van der Waals surface area contributed by atoms with Crippen molar-refractivity contribution in [2.75, 3.05) is 0 Å². The molecular weight excluding hydrogens is 319 g/mol. The predicted molar refractivity (Wildman–Crippen MR) is 92.4 cm³/mol. The summed E-state index contributed by atoms with van der Waals surface area (Å²) < 4.78 is 0. The number of pyridine rings is 1. The zero-order valence-electron chi connectivity index (χ0n) is 11.9. The summed E-state index contributed by atoms with van der Waals surface area (Å²) in [5.41, 5.74) is 3.41. The number of benzene rings is 2. The summed E-state index contributed by atoms with van der Waals surface area (Å²) in [6.45, 7) is 1.84. The molecule has 22 heavy (non-hydrogen) atoms. The second-order valence-corrected chi connectivity index (χ2v) is 5.85. The van der Waals surface area contributed by atoms with Gasteiger partial charge in [0.1, 0.15) is 0 Å². The molecule has 3 aromatic rings. The molecule has 1 unspecified atom stereocenters. The van der Waals surface area contributed by atoms with Gasteiger partial charge < -0.3 is 4.98 Å². The predicted octanol–water partition coefficient (Wildman–Crippen LogP) is 4.65. The molecule has 0 saturated heterocycles. The highest BCUT2D eigenvalue weighted by atomic mass is 35.5. The summed E-state index contributed by atoms with van der Waals surface area (Å²) in [5, 5.41) is 1.67. The SMILES string of the molecule is CC(NCl)c1cc2cc(-c3ccc(Cl)cc3)ccc2[nH]c1=O. The van der Waals surface area contributed by atoms with Crippen LogP contribution in [-0.4, -0.2) is 4.98 Å². The number of aromatic amines is 1. The Hall–Kier alpha value is -1.81. The van der Waals surface area contributed by atoms with Gasteiger partial charge in [-0.05, 0) is 65.5 Å². The maximum absolute atomic E-state index is 12.1. The van der Waals surface area contributed by atoms with Crippen molar-refractivity contribution in [1.82, 2.24) is 9.82 Å². The fourth-order valence-electron chi connectivity index (χ4n) is 2.43. The third-order valence-electron chi connectivity index (χ3n) is 3.68. The lowest BCUT2D eigenvalue weighted by Crippen LogP contribution is -2.19. The first-order valence-corrected chi connectivity index (χ1v) is 7.63. The summed E-state index contributed by atoms with van der Waals surface area (Å²) in [4.78, 5) is 17.5. The molecule has 0 radical (unpaired) electrons. The van der Waals surface area contributed by atoms with Gasteiger partial charge in [0.05, 0.1) is 0 Å². The lowest BCUT2D eigenvalue weighted by molar-refractivity contribution is 0.735. The van der Waals surface area contributed by atoms with E-state index in [1.165, 1.54) is 0 Å². The van der Waals surface area contributed by atoms with Crippen LogP contribution >= 0.6 is 23.4 Å². The van der Waals surface area contributed by atoms with Gasteiger partial charge in [-0.1, -0.05) is 29.8 Å². The number of H-pyrrole nitrogens is 1. The Morgan fingerprint density at radius 2 is 1.73 bits per heavy atom. The molecule has 0 spiro atoms. The Labute approximate surface area is 138 Å². The minimum Gasteiger partial charge on any atom is -0.322 e. The van der Waals surface area contributed by atoms with Gasteiger partial charge in [-0.15, -0.1) is 0 Å². The molecule has 5 heteroatoms. The summed E-state index contributed by atoms with van der Waals surface area (Å²) in [5.74, 6) is 0. The number of hydrogen-bond donors (Lipinski definition) is 2. The largest absolute Gasteiger partial charge is 0.322 e. The molecule has 1 heterocycles. The summed E-state index contributed by atoms with van der Waals surface area (Å²) in [6.07, 6.45) is 0. The Balaban J connectivity index is 2.14. The third-order valence-corrected chi connectivity index (χ3v) is 4.26. The summed E-state index contributed by atoms with van der Waals surface area (Å²) in [6, 6.07) is 15.2. The molecule has 3 nitrogen and oxygen atoms in total. The van der Waals surface area contributed by atoms with E-state index in [0.717, 1.165) is 22.0 Å². The molecular formula is C17H14Cl2N2O. The fraction of sp³-hybridized carbons (Fsp3) is 0.118. The van der Waals surface area contributed by atoms with Crippen molar-refractivity contribution in [3.05, 3.63) is 69.5 Å². The van der Waals surface area contributed by atoms with Crippen LogP contribution in [0.4, 0.5) is 0 Å². The Kier molecular flexibility index (Phi) is 4.21. The van der Waals surface area contributed by atoms with Gasteiger partial charge in [-0.2, -0.15) is 0 Å². The molecule has 3 rings (SSSR count). The van der Waals surface area contributed by atoms with Gasteiger partial charge >= 0.3 is 0 Å². The van der Waals surface area contributed by atoms with Crippen LogP contribution in [0.15, 0.2) is 53.3 Å². The second kappa shape index (κ2) is 6.13. The maximum atomic E-state index is 12.1. The molecule has 0 fully saturated rings. The highest BCUT2D eigenvalue weighted by Crippen LogP contribution is 2.25. The van der Waals surface area contributed by atoms with Crippen molar-refractivity contribution in [3.63, 3.8) is 0 Å². The van der Waals surface area contributed by atoms with Crippen LogP contribution < -0.4 is 10.4 Å². The molecule has 0 aliphatic heterocycles. The topological polar surface area (TPSA) is 44.9 Å². The van der Waals surface area contributed by atoms with Crippen molar-refractivity contribution < 1.29 is 0 Å². The lowest BCUT2D eigenvalue weighted by atomic mass is 10.0. The van der Waals surface area contributed by atoms with Crippen molar-refractivity contribution in [3.8, 4) is 11.1 Å². The average molecular weight is 333 g/mol. The molecule has 0 bridgehead atoms. The first-order chi connectivity index (χ1) is 10.6. The van der Waals surface area contributed by atoms with Crippen molar-refractivity contribution >= 4 is 34.3 Å². The zero-order chi connectivity index (χ0) is 15.7. The van der Waals surface area contributed by atoms with Crippen molar-refractivity contribution in [2.24, 2.45) is 0 Å². The number of rotatable bonds is 3. The number of nitrogens with one attached hydrogen (secondary N) is 2. The molecule has 2 aromatic carbocycles. The quantitative estimate of drug-likeness (QED) is 0.685. The van der Waals surface area contributed by atoms with Crippen LogP contribution in [0.1, 0.15) is 18.5 Å². The van der Waals surface area contributed by atoms with Crippen LogP contribution in [-0.2, 0) is 0 Å². The first kappa shape index (κ1) is 15.1. The van der Waals surface area contributed by atoms with Crippen LogP contribution in [0.2, 0.25) is 5.02 Å². The van der Waals surface area contributed by atoms with Gasteiger partial charge in [0.15, 0.2) is 0 Å². The molecule has 112 valence electrons. The fourth-order valence-corrected chi connectivity index (χ4v) is 2.67. The molecule has 1 atom stereocenters. The van der Waals surface area contributed by atoms with E-state index in [9.17, 15) is 4.79 Å². The highest BCUT2D eigenvalue weighted by Gasteiger charge is 2.10. The van der Waals surface area contributed by atoms with Gasteiger partial charge in [-0.3, -0.25) is 4.79 Å². The minimum atomic E-state index is -0.228. The lowest BCUT2D eigenvalue weighted by Gasteiger charge is -2.10. The van der Waals surface area contributed by atoms with Crippen LogP contribution in [0, 0.1) is 0 Å². The monoisotopic (exact) mass is 332 g/mol. The minimum absolute atomic E-state index is 0.132. The molecule has 0 saturated carbocycles. The van der Waals surface area contributed by atoms with Gasteiger partial charge in [0.25, 0.3) is 5.56 Å². The summed E-state index contributed by atoms with van der Waals surface area (Å²) >= 11 is 11.6. The molecule has 0 aliphatic rings. The smallest absolute Gasteiger partial charge is 0.253 e. The van der Waals surface area contributed by atoms with E-state index in [-0.39, 0.29) is 11.6 Å². The third kappa shape index (κ3) is 2.88. The van der Waals surface area contributed by atoms with E-state index in [2.05, 4.69) is 9.82 Å². The van der Waals surface area contributed by atoms with Gasteiger partial charge in [-0.25, -0.2) is 4.84 Å². The normalized spacial score (nSPS) is 12.5. The van der Waals surface area contributed by atoms with E-state index in [0.29, 0.717) is 10.6 Å². The second-order valence-electron chi connectivity index (χ2n) is 5.19. The molecule has 2 N–H and O–H groups in total. The Morgan fingerprint density at radius 1 is 1.05 bits per heavy atom. The Bertz CT molecular complexity index is 872. The summed E-state index contributed by atoms with van der Waals surface area (Å²) in [7, 11) is 0. The van der Waals surface area contributed by atoms with E-state index in [4.69, 9.17) is 23.4 Å². The van der Waals surface area contributed by atoms with Crippen molar-refractivity contribution in [1.29, 1.82) is 0 Å². The Morgan fingerprint density at radius 3 is 2.41 bits per heavy atom. The number of aromatic nitrogens is 1. The number of halogens is 2. The number of hydrogen-bond acceptors (Lipinski definition) is 2. The van der Waals surface area contributed by atoms with E-state index < -0.39 is 0 Å². The zero-order valence-corrected chi connectivity index (χ0v) is 13.4. The highest BCUT2D eigenvalue weighted by molar-refractivity contribution is 6.30. The van der Waals surface area contributed by atoms with Gasteiger partial charge in [0, 0.05) is 22.1 Å².